The van der Waals surface area contributed by atoms with Crippen LogP contribution >= 0.6 is 11.8 Å². The van der Waals surface area contributed by atoms with Gasteiger partial charge < -0.3 is 14.6 Å². The summed E-state index contributed by atoms with van der Waals surface area (Å²) in [7, 11) is 1.46. The minimum absolute atomic E-state index is 0.383. The number of piperidine rings is 1. The van der Waals surface area contributed by atoms with E-state index in [2.05, 4.69) is 25.7 Å². The van der Waals surface area contributed by atoms with Crippen molar-refractivity contribution in [2.75, 3.05) is 25.0 Å². The smallest absolute Gasteiger partial charge is 0.321 e. The number of hydrogen-bond acceptors (Lipinski definition) is 7. The summed E-state index contributed by atoms with van der Waals surface area (Å²) in [5.74, 6) is 1.19. The van der Waals surface area contributed by atoms with Gasteiger partial charge in [-0.1, -0.05) is 11.8 Å². The van der Waals surface area contributed by atoms with Crippen molar-refractivity contribution in [3.05, 3.63) is 24.2 Å². The van der Waals surface area contributed by atoms with Gasteiger partial charge in [0.2, 0.25) is 11.9 Å². The molecule has 1 fully saturated rings. The molecule has 0 bridgehead atoms. The van der Waals surface area contributed by atoms with Crippen molar-refractivity contribution in [2.24, 2.45) is 0 Å². The standard InChI is InChI=1S/C17H24N6O3S/c1-12(14(24)19-15(25)18-2)27-17-21-20-16(22-8-4-3-5-9-22)23(17)11-13-7-6-10-26-13/h6-7,10,12H,3-5,8-9,11H2,1-2H3,(H2,18,19,24,25). The first-order valence-electron chi connectivity index (χ1n) is 8.98. The topological polar surface area (TPSA) is 105 Å². The summed E-state index contributed by atoms with van der Waals surface area (Å²) in [5, 5.41) is 13.5. The molecule has 0 aromatic carbocycles. The molecule has 2 N–H and O–H groups in total. The molecule has 2 aromatic rings. The zero-order valence-corrected chi connectivity index (χ0v) is 16.3. The van der Waals surface area contributed by atoms with Crippen LogP contribution in [0.1, 0.15) is 31.9 Å². The molecule has 10 heteroatoms. The van der Waals surface area contributed by atoms with Crippen LogP contribution in [0.15, 0.2) is 28.0 Å². The summed E-state index contributed by atoms with van der Waals surface area (Å²) in [6.45, 7) is 4.09. The minimum Gasteiger partial charge on any atom is -0.467 e. The highest BCUT2D eigenvalue weighted by atomic mass is 32.2. The number of anilines is 1. The Labute approximate surface area is 161 Å². The van der Waals surface area contributed by atoms with E-state index >= 15 is 0 Å². The van der Waals surface area contributed by atoms with Crippen LogP contribution in [0, 0.1) is 0 Å². The lowest BCUT2D eigenvalue weighted by Crippen LogP contribution is -2.41. The molecule has 0 radical (unpaired) electrons. The van der Waals surface area contributed by atoms with Gasteiger partial charge >= 0.3 is 6.03 Å². The quantitative estimate of drug-likeness (QED) is 0.723. The molecule has 0 saturated carbocycles. The number of imide groups is 1. The number of furan rings is 1. The zero-order valence-electron chi connectivity index (χ0n) is 15.5. The average Bonchev–Trinajstić information content (AvgIpc) is 3.33. The molecule has 1 unspecified atom stereocenters. The summed E-state index contributed by atoms with van der Waals surface area (Å²) in [4.78, 5) is 25.8. The molecular formula is C17H24N6O3S. The molecule has 0 spiro atoms. The molecule has 3 amide bonds. The van der Waals surface area contributed by atoms with Crippen molar-refractivity contribution in [1.29, 1.82) is 0 Å². The average molecular weight is 392 g/mol. The van der Waals surface area contributed by atoms with Crippen molar-refractivity contribution in [3.8, 4) is 0 Å². The number of carbonyl (C=O) groups is 2. The monoisotopic (exact) mass is 392 g/mol. The van der Waals surface area contributed by atoms with E-state index in [1.807, 2.05) is 16.7 Å². The number of rotatable bonds is 6. The Bertz CT molecular complexity index is 770. The van der Waals surface area contributed by atoms with Gasteiger partial charge in [0.1, 0.15) is 5.76 Å². The van der Waals surface area contributed by atoms with Crippen molar-refractivity contribution in [1.82, 2.24) is 25.4 Å². The number of carbonyl (C=O) groups excluding carboxylic acids is 2. The van der Waals surface area contributed by atoms with E-state index in [1.165, 1.54) is 25.2 Å². The molecule has 0 aliphatic carbocycles. The van der Waals surface area contributed by atoms with Crippen LogP contribution in [0.2, 0.25) is 0 Å². The van der Waals surface area contributed by atoms with Crippen LogP contribution < -0.4 is 15.5 Å². The lowest BCUT2D eigenvalue weighted by atomic mass is 10.1. The third-order valence-corrected chi connectivity index (χ3v) is 5.43. The summed E-state index contributed by atoms with van der Waals surface area (Å²) in [6.07, 6.45) is 5.11. The molecular weight excluding hydrogens is 368 g/mol. The maximum atomic E-state index is 12.2. The van der Waals surface area contributed by atoms with Crippen LogP contribution in [-0.2, 0) is 11.3 Å². The number of urea groups is 1. The highest BCUT2D eigenvalue weighted by Crippen LogP contribution is 2.28. The molecule has 1 aliphatic heterocycles. The number of nitrogens with zero attached hydrogens (tertiary/aromatic N) is 4. The SMILES string of the molecule is CNC(=O)NC(=O)C(C)Sc1nnc(N2CCCCC2)n1Cc1ccco1. The van der Waals surface area contributed by atoms with Gasteiger partial charge in [0.05, 0.1) is 18.1 Å². The molecule has 146 valence electrons. The Morgan fingerprint density at radius 2 is 2.07 bits per heavy atom. The molecule has 1 atom stereocenters. The van der Waals surface area contributed by atoms with Crippen molar-refractivity contribution >= 4 is 29.6 Å². The summed E-state index contributed by atoms with van der Waals surface area (Å²) >= 11 is 1.27. The van der Waals surface area contributed by atoms with Crippen LogP contribution in [0.25, 0.3) is 0 Å². The number of amides is 3. The predicted molar refractivity (Wildman–Crippen MR) is 102 cm³/mol. The Morgan fingerprint density at radius 3 is 2.74 bits per heavy atom. The van der Waals surface area contributed by atoms with Crippen molar-refractivity contribution in [3.63, 3.8) is 0 Å². The lowest BCUT2D eigenvalue weighted by Gasteiger charge is -2.27. The number of thioether (sulfide) groups is 1. The Morgan fingerprint density at radius 1 is 1.30 bits per heavy atom. The largest absolute Gasteiger partial charge is 0.467 e. The number of nitrogens with one attached hydrogen (secondary N) is 2. The summed E-state index contributed by atoms with van der Waals surface area (Å²) in [6, 6.07) is 3.21. The molecule has 9 nitrogen and oxygen atoms in total. The maximum absolute atomic E-state index is 12.2. The predicted octanol–water partition coefficient (Wildman–Crippen LogP) is 1.85. The first-order chi connectivity index (χ1) is 13.1. The highest BCUT2D eigenvalue weighted by molar-refractivity contribution is 8.00. The van der Waals surface area contributed by atoms with Crippen LogP contribution in [0.4, 0.5) is 10.7 Å². The van der Waals surface area contributed by atoms with Crippen LogP contribution in [0.5, 0.6) is 0 Å². The first kappa shape index (κ1) is 19.3. The molecule has 2 aromatic heterocycles. The fourth-order valence-corrected chi connectivity index (χ4v) is 3.72. The first-order valence-corrected chi connectivity index (χ1v) is 9.86. The third-order valence-electron chi connectivity index (χ3n) is 4.35. The van der Waals surface area contributed by atoms with E-state index in [-0.39, 0.29) is 5.91 Å². The molecule has 3 heterocycles. The summed E-state index contributed by atoms with van der Waals surface area (Å²) < 4.78 is 7.46. The van der Waals surface area contributed by atoms with Crippen molar-refractivity contribution in [2.45, 2.75) is 43.1 Å². The second kappa shape index (κ2) is 8.94. The lowest BCUT2D eigenvalue weighted by molar-refractivity contribution is -0.119. The van der Waals surface area contributed by atoms with E-state index in [0.29, 0.717) is 11.7 Å². The van der Waals surface area contributed by atoms with Gasteiger partial charge in [0.15, 0.2) is 5.16 Å². The van der Waals surface area contributed by atoms with Gasteiger partial charge in [-0.25, -0.2) is 4.79 Å². The van der Waals surface area contributed by atoms with Gasteiger partial charge in [-0.3, -0.25) is 14.7 Å². The van der Waals surface area contributed by atoms with Gasteiger partial charge in [-0.05, 0) is 38.3 Å². The van der Waals surface area contributed by atoms with E-state index in [0.717, 1.165) is 37.6 Å². The molecule has 1 saturated heterocycles. The second-order valence-corrected chi connectivity index (χ2v) is 7.63. The zero-order chi connectivity index (χ0) is 19.2. The van der Waals surface area contributed by atoms with Gasteiger partial charge in [-0.15, -0.1) is 10.2 Å². The highest BCUT2D eigenvalue weighted by Gasteiger charge is 2.24. The normalized spacial score (nSPS) is 15.4. The minimum atomic E-state index is -0.529. The molecule has 1 aliphatic rings. The van der Waals surface area contributed by atoms with Gasteiger partial charge in [0.25, 0.3) is 0 Å². The Hall–Kier alpha value is -2.49. The van der Waals surface area contributed by atoms with Gasteiger partial charge in [0, 0.05) is 20.1 Å². The fourth-order valence-electron chi connectivity index (χ4n) is 2.88. The maximum Gasteiger partial charge on any atom is 0.321 e. The number of hydrogen-bond donors (Lipinski definition) is 2. The Balaban J connectivity index is 1.80. The second-order valence-electron chi connectivity index (χ2n) is 6.32. The third kappa shape index (κ3) is 4.82. The van der Waals surface area contributed by atoms with Crippen LogP contribution in [-0.4, -0.2) is 52.1 Å². The molecule has 27 heavy (non-hydrogen) atoms. The van der Waals surface area contributed by atoms with Crippen molar-refractivity contribution < 1.29 is 14.0 Å². The summed E-state index contributed by atoms with van der Waals surface area (Å²) in [5.41, 5.74) is 0. The van der Waals surface area contributed by atoms with E-state index in [9.17, 15) is 9.59 Å². The van der Waals surface area contributed by atoms with E-state index in [4.69, 9.17) is 4.42 Å². The van der Waals surface area contributed by atoms with E-state index in [1.54, 1.807) is 13.2 Å². The number of aromatic nitrogens is 3. The fraction of sp³-hybridized carbons (Fsp3) is 0.529. The van der Waals surface area contributed by atoms with Gasteiger partial charge in [-0.2, -0.15) is 0 Å². The Kier molecular flexibility index (Phi) is 6.38. The van der Waals surface area contributed by atoms with Crippen LogP contribution in [0.3, 0.4) is 0 Å². The van der Waals surface area contributed by atoms with E-state index < -0.39 is 11.3 Å². The molecule has 3 rings (SSSR count).